The monoisotopic (exact) mass is 224 g/mol. The van der Waals surface area contributed by atoms with Crippen LogP contribution in [-0.4, -0.2) is 18.2 Å². The van der Waals surface area contributed by atoms with Gasteiger partial charge in [-0.15, -0.1) is 0 Å². The lowest BCUT2D eigenvalue weighted by molar-refractivity contribution is -0.147. The molecule has 1 N–H and O–H groups in total. The third-order valence-corrected chi connectivity index (χ3v) is 3.30. The van der Waals surface area contributed by atoms with Gasteiger partial charge in [0.1, 0.15) is 0 Å². The Balaban J connectivity index is 2.54. The maximum absolute atomic E-state index is 13.5. The van der Waals surface area contributed by atoms with Crippen LogP contribution in [0, 0.1) is 5.82 Å². The first-order valence-electron chi connectivity index (χ1n) is 5.18. The topological polar surface area (TPSA) is 46.5 Å². The van der Waals surface area contributed by atoms with Gasteiger partial charge in [-0.2, -0.15) is 0 Å². The second kappa shape index (κ2) is 3.77. The first-order chi connectivity index (χ1) is 7.62. The molecule has 0 unspecified atom stereocenters. The van der Waals surface area contributed by atoms with Crippen LogP contribution in [0.15, 0.2) is 18.2 Å². The summed E-state index contributed by atoms with van der Waals surface area (Å²) in [6, 6.07) is 4.43. The molecule has 0 radical (unpaired) electrons. The van der Waals surface area contributed by atoms with E-state index in [1.807, 2.05) is 0 Å². The summed E-state index contributed by atoms with van der Waals surface area (Å²) >= 11 is 0. The van der Waals surface area contributed by atoms with Crippen molar-refractivity contribution in [3.05, 3.63) is 29.6 Å². The molecule has 1 aliphatic carbocycles. The number of benzene rings is 1. The van der Waals surface area contributed by atoms with Gasteiger partial charge >= 0.3 is 5.97 Å². The van der Waals surface area contributed by atoms with E-state index in [4.69, 9.17) is 4.74 Å². The Bertz CT molecular complexity index is 424. The van der Waals surface area contributed by atoms with Gasteiger partial charge in [0, 0.05) is 5.56 Å². The molecule has 0 spiro atoms. The van der Waals surface area contributed by atoms with Crippen molar-refractivity contribution in [2.75, 3.05) is 7.11 Å². The van der Waals surface area contributed by atoms with Crippen LogP contribution in [0.4, 0.5) is 4.39 Å². The number of carboxylic acids is 1. The average Bonchev–Trinajstić information content (AvgIpc) is 2.15. The van der Waals surface area contributed by atoms with E-state index >= 15 is 0 Å². The standard InChI is InChI=1S/C12H13FO3/c1-16-10-8(4-2-5-9(10)13)12(11(14)15)6-3-7-12/h2,4-5H,3,6-7H2,1H3,(H,14,15). The van der Waals surface area contributed by atoms with Crippen molar-refractivity contribution in [2.45, 2.75) is 24.7 Å². The zero-order valence-corrected chi connectivity index (χ0v) is 9.00. The van der Waals surface area contributed by atoms with Gasteiger partial charge in [-0.3, -0.25) is 4.79 Å². The van der Waals surface area contributed by atoms with Crippen molar-refractivity contribution in [3.63, 3.8) is 0 Å². The largest absolute Gasteiger partial charge is 0.493 e. The molecule has 86 valence electrons. The predicted octanol–water partition coefficient (Wildman–Crippen LogP) is 2.34. The highest BCUT2D eigenvalue weighted by Gasteiger charge is 2.48. The summed E-state index contributed by atoms with van der Waals surface area (Å²) in [6.45, 7) is 0. The summed E-state index contributed by atoms with van der Waals surface area (Å²) in [5.41, 5.74) is -0.498. The van der Waals surface area contributed by atoms with E-state index in [-0.39, 0.29) is 5.75 Å². The van der Waals surface area contributed by atoms with Crippen molar-refractivity contribution < 1.29 is 19.0 Å². The normalized spacial score (nSPS) is 17.6. The number of hydrogen-bond donors (Lipinski definition) is 1. The molecule has 0 saturated heterocycles. The zero-order valence-electron chi connectivity index (χ0n) is 9.00. The van der Waals surface area contributed by atoms with Gasteiger partial charge in [-0.05, 0) is 18.9 Å². The first-order valence-corrected chi connectivity index (χ1v) is 5.18. The smallest absolute Gasteiger partial charge is 0.314 e. The number of ether oxygens (including phenoxy) is 1. The van der Waals surface area contributed by atoms with Crippen molar-refractivity contribution in [3.8, 4) is 5.75 Å². The highest BCUT2D eigenvalue weighted by Crippen LogP contribution is 2.47. The van der Waals surface area contributed by atoms with Crippen LogP contribution >= 0.6 is 0 Å². The Morgan fingerprint density at radius 2 is 2.19 bits per heavy atom. The van der Waals surface area contributed by atoms with Gasteiger partial charge in [0.05, 0.1) is 12.5 Å². The molecule has 1 fully saturated rings. The molecule has 1 aliphatic rings. The van der Waals surface area contributed by atoms with Crippen molar-refractivity contribution >= 4 is 5.97 Å². The quantitative estimate of drug-likeness (QED) is 0.857. The molecule has 0 amide bonds. The second-order valence-corrected chi connectivity index (χ2v) is 4.06. The lowest BCUT2D eigenvalue weighted by Crippen LogP contribution is -2.42. The van der Waals surface area contributed by atoms with E-state index in [0.29, 0.717) is 18.4 Å². The SMILES string of the molecule is COc1c(F)cccc1C1(C(=O)O)CCC1. The van der Waals surface area contributed by atoms with E-state index < -0.39 is 17.2 Å². The van der Waals surface area contributed by atoms with Gasteiger partial charge in [-0.25, -0.2) is 4.39 Å². The van der Waals surface area contributed by atoms with E-state index in [1.165, 1.54) is 19.2 Å². The third-order valence-electron chi connectivity index (χ3n) is 3.30. The van der Waals surface area contributed by atoms with E-state index in [9.17, 15) is 14.3 Å². The van der Waals surface area contributed by atoms with Crippen LogP contribution in [0.25, 0.3) is 0 Å². The highest BCUT2D eigenvalue weighted by molar-refractivity contribution is 5.83. The molecule has 0 heterocycles. The fourth-order valence-corrected chi connectivity index (χ4v) is 2.22. The van der Waals surface area contributed by atoms with Crippen LogP contribution in [0.3, 0.4) is 0 Å². The molecule has 1 aromatic rings. The maximum atomic E-state index is 13.5. The van der Waals surface area contributed by atoms with E-state index in [1.54, 1.807) is 6.07 Å². The van der Waals surface area contributed by atoms with Crippen molar-refractivity contribution in [2.24, 2.45) is 0 Å². The average molecular weight is 224 g/mol. The molecule has 3 nitrogen and oxygen atoms in total. The number of para-hydroxylation sites is 1. The molecule has 4 heteroatoms. The van der Waals surface area contributed by atoms with Crippen LogP contribution < -0.4 is 4.74 Å². The molecular weight excluding hydrogens is 211 g/mol. The molecule has 1 saturated carbocycles. The lowest BCUT2D eigenvalue weighted by Gasteiger charge is -2.38. The summed E-state index contributed by atoms with van der Waals surface area (Å²) in [5.74, 6) is -1.35. The molecule has 0 aromatic heterocycles. The van der Waals surface area contributed by atoms with Gasteiger partial charge in [0.2, 0.25) is 0 Å². The maximum Gasteiger partial charge on any atom is 0.314 e. The second-order valence-electron chi connectivity index (χ2n) is 4.06. The number of methoxy groups -OCH3 is 1. The van der Waals surface area contributed by atoms with Crippen LogP contribution in [0.1, 0.15) is 24.8 Å². The minimum atomic E-state index is -0.951. The Morgan fingerprint density at radius 3 is 2.62 bits per heavy atom. The predicted molar refractivity (Wildman–Crippen MR) is 56.1 cm³/mol. The Morgan fingerprint density at radius 1 is 1.50 bits per heavy atom. The molecule has 1 aromatic carbocycles. The molecule has 0 atom stereocenters. The van der Waals surface area contributed by atoms with Crippen molar-refractivity contribution in [1.82, 2.24) is 0 Å². The summed E-state index contributed by atoms with van der Waals surface area (Å²) in [4.78, 5) is 11.3. The number of hydrogen-bond acceptors (Lipinski definition) is 2. The molecule has 0 aliphatic heterocycles. The summed E-state index contributed by atoms with van der Waals surface area (Å²) in [6.07, 6.45) is 1.94. The number of aliphatic carboxylic acids is 1. The minimum Gasteiger partial charge on any atom is -0.493 e. The highest BCUT2D eigenvalue weighted by atomic mass is 19.1. The minimum absolute atomic E-state index is 0.0598. The Hall–Kier alpha value is -1.58. The molecule has 16 heavy (non-hydrogen) atoms. The van der Waals surface area contributed by atoms with Gasteiger partial charge < -0.3 is 9.84 Å². The van der Waals surface area contributed by atoms with Gasteiger partial charge in [-0.1, -0.05) is 18.6 Å². The summed E-state index contributed by atoms with van der Waals surface area (Å²) < 4.78 is 18.5. The van der Waals surface area contributed by atoms with E-state index in [0.717, 1.165) is 6.42 Å². The summed E-state index contributed by atoms with van der Waals surface area (Å²) in [5, 5.41) is 9.27. The molecule has 0 bridgehead atoms. The number of rotatable bonds is 3. The van der Waals surface area contributed by atoms with Gasteiger partial charge in [0.25, 0.3) is 0 Å². The van der Waals surface area contributed by atoms with Crippen LogP contribution in [-0.2, 0) is 10.2 Å². The number of carbonyl (C=O) groups is 1. The van der Waals surface area contributed by atoms with Crippen molar-refractivity contribution in [1.29, 1.82) is 0 Å². The number of halogens is 1. The Kier molecular flexibility index (Phi) is 2.58. The number of carboxylic acid groups (broad SMARTS) is 1. The molecule has 2 rings (SSSR count). The summed E-state index contributed by atoms with van der Waals surface area (Å²) in [7, 11) is 1.36. The zero-order chi connectivity index (χ0) is 11.8. The fourth-order valence-electron chi connectivity index (χ4n) is 2.22. The van der Waals surface area contributed by atoms with E-state index in [2.05, 4.69) is 0 Å². The van der Waals surface area contributed by atoms with Crippen LogP contribution in [0.2, 0.25) is 0 Å². The Labute approximate surface area is 92.9 Å². The lowest BCUT2D eigenvalue weighted by atomic mass is 9.64. The third kappa shape index (κ3) is 1.37. The van der Waals surface area contributed by atoms with Gasteiger partial charge in [0.15, 0.2) is 11.6 Å². The first kappa shape index (κ1) is 10.9. The fraction of sp³-hybridized carbons (Fsp3) is 0.417. The van der Waals surface area contributed by atoms with Crippen LogP contribution in [0.5, 0.6) is 5.75 Å². The molecular formula is C12H13FO3.